The van der Waals surface area contributed by atoms with Gasteiger partial charge in [0.15, 0.2) is 0 Å². The van der Waals surface area contributed by atoms with Gasteiger partial charge in [0.2, 0.25) is 0 Å². The first-order valence-electron chi connectivity index (χ1n) is 17.0. The fourth-order valence-electron chi connectivity index (χ4n) is 6.27. The maximum atomic E-state index is 12.5. The number of rotatable bonds is 13. The molecular formula is C34H28N6NaO18S6. The van der Waals surface area contributed by atoms with Crippen molar-refractivity contribution in [3.05, 3.63) is 96.1 Å². The number of nitrogen functional groups attached to an aromatic ring is 2. The molecule has 339 valence electrons. The number of anilines is 2. The van der Waals surface area contributed by atoms with E-state index in [1.165, 1.54) is 12.1 Å². The number of azo groups is 2. The molecular weight excluding hydrogens is 996 g/mol. The Bertz CT molecular complexity index is 3510. The third kappa shape index (κ3) is 11.4. The molecule has 0 bridgehead atoms. The van der Waals surface area contributed by atoms with Crippen molar-refractivity contribution in [2.75, 3.05) is 11.5 Å². The van der Waals surface area contributed by atoms with Crippen molar-refractivity contribution in [2.45, 2.75) is 42.2 Å². The number of hydrogen-bond donors (Lipinski definition) is 8. The van der Waals surface area contributed by atoms with E-state index in [1.807, 2.05) is 0 Å². The summed E-state index contributed by atoms with van der Waals surface area (Å²) in [6.07, 6.45) is -0.674. The van der Waals surface area contributed by atoms with Gasteiger partial charge >= 0.3 is 0 Å². The summed E-state index contributed by atoms with van der Waals surface area (Å²) in [5.41, 5.74) is 8.91. The van der Waals surface area contributed by atoms with Gasteiger partial charge in [0, 0.05) is 40.3 Å². The van der Waals surface area contributed by atoms with Crippen molar-refractivity contribution in [1.29, 1.82) is 0 Å². The Morgan fingerprint density at radius 3 is 1.00 bits per heavy atom. The summed E-state index contributed by atoms with van der Waals surface area (Å²) in [5.74, 6) is 0. The molecule has 0 saturated carbocycles. The zero-order valence-electron chi connectivity index (χ0n) is 32.5. The first-order chi connectivity index (χ1) is 29.3. The predicted octanol–water partition coefficient (Wildman–Crippen LogP) is 4.87. The summed E-state index contributed by atoms with van der Waals surface area (Å²) in [6, 6.07) is 13.7. The van der Waals surface area contributed by atoms with Crippen LogP contribution in [0.5, 0.6) is 0 Å². The van der Waals surface area contributed by atoms with Crippen LogP contribution in [-0.4, -0.2) is 107 Å². The van der Waals surface area contributed by atoms with Crippen LogP contribution in [0.15, 0.2) is 135 Å². The maximum absolute atomic E-state index is 12.5. The van der Waals surface area contributed by atoms with Crippen LogP contribution < -0.4 is 11.5 Å². The van der Waals surface area contributed by atoms with E-state index in [2.05, 4.69) is 20.5 Å². The molecule has 24 nitrogen and oxygen atoms in total. The molecule has 0 aliphatic carbocycles. The van der Waals surface area contributed by atoms with E-state index >= 15 is 0 Å². The van der Waals surface area contributed by atoms with E-state index in [4.69, 9.17) is 11.5 Å². The van der Waals surface area contributed by atoms with Crippen molar-refractivity contribution >= 4 is 146 Å². The van der Waals surface area contributed by atoms with Crippen LogP contribution in [0, 0.1) is 0 Å². The van der Waals surface area contributed by atoms with E-state index in [0.29, 0.717) is 0 Å². The molecule has 0 unspecified atom stereocenters. The zero-order valence-corrected chi connectivity index (χ0v) is 39.4. The summed E-state index contributed by atoms with van der Waals surface area (Å²) in [5, 5.41) is 15.1. The first kappa shape index (κ1) is 51.1. The molecule has 6 rings (SSSR count). The van der Waals surface area contributed by atoms with Gasteiger partial charge < -0.3 is 11.5 Å². The Balaban J connectivity index is 0.00000793. The molecule has 0 saturated heterocycles. The number of aryl methyl sites for hydroxylation is 2. The van der Waals surface area contributed by atoms with Crippen LogP contribution in [0.25, 0.3) is 21.5 Å². The molecule has 31 heteroatoms. The second-order valence-electron chi connectivity index (χ2n) is 13.4. The van der Waals surface area contributed by atoms with Crippen LogP contribution in [0.3, 0.4) is 0 Å². The fourth-order valence-corrected chi connectivity index (χ4v) is 10.1. The van der Waals surface area contributed by atoms with E-state index in [1.54, 1.807) is 0 Å². The van der Waals surface area contributed by atoms with Crippen LogP contribution in [-0.2, 0) is 73.6 Å². The smallest absolute Gasteiger partial charge is 0.296 e. The molecule has 0 aliphatic rings. The van der Waals surface area contributed by atoms with Crippen LogP contribution in [0.4, 0.5) is 34.1 Å². The van der Waals surface area contributed by atoms with Crippen molar-refractivity contribution in [3.8, 4) is 0 Å². The fraction of sp³-hybridized carbons (Fsp3) is 0.0588. The monoisotopic (exact) mass is 1020 g/mol. The Hall–Kier alpha value is -4.90. The zero-order chi connectivity index (χ0) is 47.5. The van der Waals surface area contributed by atoms with E-state index < -0.39 is 113 Å². The minimum absolute atomic E-state index is 0. The molecule has 0 amide bonds. The van der Waals surface area contributed by atoms with Crippen LogP contribution >= 0.6 is 0 Å². The molecule has 6 aromatic carbocycles. The normalized spacial score (nSPS) is 13.2. The molecule has 1 radical (unpaired) electrons. The van der Waals surface area contributed by atoms with Crippen molar-refractivity contribution < 1.29 is 77.8 Å². The van der Waals surface area contributed by atoms with Crippen molar-refractivity contribution in [3.63, 3.8) is 0 Å². The quantitative estimate of drug-likeness (QED) is 0.0331. The molecule has 0 aliphatic heterocycles. The van der Waals surface area contributed by atoms with Gasteiger partial charge in [-0.05, 0) is 95.4 Å². The SMILES string of the molecule is Nc1c(S(=O)(=O)O)cc2cc(S(=O)(=O)O)ccc2c1N=Nc1ccc(CCc2ccc(N=Nc3c(N)c(S(=O)(=O)O)cc4cc(S(=O)(=O)O)ccc34)cc2S(=O)(=O)O)c(S(=O)(=O)O)c1.[Na]. The van der Waals surface area contributed by atoms with Gasteiger partial charge in [-0.25, -0.2) is 0 Å². The number of nitrogens with two attached hydrogens (primary N) is 2. The average molecular weight is 1020 g/mol. The maximum Gasteiger partial charge on any atom is 0.296 e. The minimum Gasteiger partial charge on any atom is -0.396 e. The Morgan fingerprint density at radius 1 is 0.385 bits per heavy atom. The largest absolute Gasteiger partial charge is 0.396 e. The molecule has 65 heavy (non-hydrogen) atoms. The molecule has 6 aromatic rings. The summed E-state index contributed by atoms with van der Waals surface area (Å²) in [6.45, 7) is 0. The van der Waals surface area contributed by atoms with Gasteiger partial charge in [0.25, 0.3) is 60.7 Å². The summed E-state index contributed by atoms with van der Waals surface area (Å²) >= 11 is 0. The average Bonchev–Trinajstić information content (AvgIpc) is 3.16. The van der Waals surface area contributed by atoms with Gasteiger partial charge in [-0.15, -0.1) is 10.2 Å². The first-order valence-corrected chi connectivity index (χ1v) is 25.6. The predicted molar refractivity (Wildman–Crippen MR) is 230 cm³/mol. The Labute approximate surface area is 390 Å². The molecule has 10 N–H and O–H groups in total. The Kier molecular flexibility index (Phi) is 14.2. The van der Waals surface area contributed by atoms with Crippen LogP contribution in [0.2, 0.25) is 0 Å². The molecule has 0 spiro atoms. The molecule has 0 atom stereocenters. The molecule has 0 heterocycles. The number of benzene rings is 6. The summed E-state index contributed by atoms with van der Waals surface area (Å²) in [7, 11) is -29.8. The minimum atomic E-state index is -5.07. The number of nitrogens with zero attached hydrogens (tertiary/aromatic N) is 4. The van der Waals surface area contributed by atoms with Crippen molar-refractivity contribution in [1.82, 2.24) is 0 Å². The van der Waals surface area contributed by atoms with Gasteiger partial charge in [-0.1, -0.05) is 24.3 Å². The third-order valence-corrected chi connectivity index (χ3v) is 14.5. The van der Waals surface area contributed by atoms with Gasteiger partial charge in [0.1, 0.15) is 21.2 Å². The van der Waals surface area contributed by atoms with E-state index in [0.717, 1.165) is 72.8 Å². The number of fused-ring (bicyclic) bond motifs is 2. The third-order valence-electron chi connectivity index (χ3n) is 9.17. The summed E-state index contributed by atoms with van der Waals surface area (Å²) < 4.78 is 204. The van der Waals surface area contributed by atoms with E-state index in [-0.39, 0.29) is 86.4 Å². The van der Waals surface area contributed by atoms with Crippen LogP contribution in [0.1, 0.15) is 11.1 Å². The molecule has 0 fully saturated rings. The second kappa shape index (κ2) is 18.1. The van der Waals surface area contributed by atoms with Gasteiger partial charge in [-0.3, -0.25) is 27.3 Å². The van der Waals surface area contributed by atoms with Gasteiger partial charge in [-0.2, -0.15) is 60.7 Å². The second-order valence-corrected chi connectivity index (χ2v) is 21.8. The van der Waals surface area contributed by atoms with E-state index in [9.17, 15) is 77.8 Å². The Morgan fingerprint density at radius 2 is 0.708 bits per heavy atom. The van der Waals surface area contributed by atoms with Crippen molar-refractivity contribution in [2.24, 2.45) is 20.5 Å². The standard InChI is InChI=1S/C34H28N6O18S6.Na/c35-31-29(63(53,54)55)13-19-11-23(59(41,42)43)7-9-25(19)33(31)39-37-21-5-3-17(27(15-21)61(47,48)49)1-2-18-4-6-22(16-28(18)62(50,51)52)38-40-34-26-10-8-24(60(44,45)46)12-20(26)14-30(32(34)36)64(56,57)58;/h3-16H,1-2,35-36H2,(H,41,42,43)(H,44,45,46)(H,47,48,49)(H,50,51,52)(H,53,54,55)(H,56,57,58);. The topological polar surface area (TPSA) is 428 Å². The van der Waals surface area contributed by atoms with Gasteiger partial charge in [0.05, 0.1) is 42.3 Å². The molecule has 0 aromatic heterocycles. The summed E-state index contributed by atoms with van der Waals surface area (Å²) in [4.78, 5) is -4.66. The number of hydrogen-bond acceptors (Lipinski definition) is 18.